The highest BCUT2D eigenvalue weighted by molar-refractivity contribution is 5.88. The van der Waals surface area contributed by atoms with E-state index in [2.05, 4.69) is 24.6 Å². The Morgan fingerprint density at radius 3 is 2.23 bits per heavy atom. The van der Waals surface area contributed by atoms with Gasteiger partial charge in [0.15, 0.2) is 0 Å². The number of rotatable bonds is 14. The van der Waals surface area contributed by atoms with E-state index in [1.807, 2.05) is 58.0 Å². The summed E-state index contributed by atoms with van der Waals surface area (Å²) in [6.07, 6.45) is 1.03. The number of alkyl carbamates (subject to hydrolysis) is 1. The van der Waals surface area contributed by atoms with Gasteiger partial charge in [0.05, 0.1) is 12.5 Å². The van der Waals surface area contributed by atoms with Crippen LogP contribution in [0.1, 0.15) is 79.2 Å². The summed E-state index contributed by atoms with van der Waals surface area (Å²) in [6.45, 7) is 12.5. The summed E-state index contributed by atoms with van der Waals surface area (Å²) < 4.78 is 5.28. The molecule has 0 aromatic heterocycles. The number of carbonyl (C=O) groups excluding carboxylic acids is 3. The minimum atomic E-state index is -0.864. The molecule has 0 saturated heterocycles. The van der Waals surface area contributed by atoms with E-state index >= 15 is 0 Å². The van der Waals surface area contributed by atoms with Crippen molar-refractivity contribution >= 4 is 17.9 Å². The van der Waals surface area contributed by atoms with Crippen molar-refractivity contribution in [2.45, 2.75) is 92.4 Å². The fourth-order valence-electron chi connectivity index (χ4n) is 3.41. The summed E-state index contributed by atoms with van der Waals surface area (Å²) in [4.78, 5) is 38.5. The van der Waals surface area contributed by atoms with E-state index in [1.165, 1.54) is 5.01 Å². The third-order valence-corrected chi connectivity index (χ3v) is 5.75. The monoisotopic (exact) mass is 491 g/mol. The van der Waals surface area contributed by atoms with Crippen LogP contribution in [0.5, 0.6) is 0 Å². The van der Waals surface area contributed by atoms with Gasteiger partial charge in [-0.1, -0.05) is 78.3 Å². The van der Waals surface area contributed by atoms with Crippen molar-refractivity contribution in [3.8, 4) is 0 Å². The molecule has 1 rings (SSSR count). The maximum atomic E-state index is 13.1. The van der Waals surface area contributed by atoms with Crippen molar-refractivity contribution in [3.63, 3.8) is 0 Å². The standard InChI is InChI=1S/C27H45N3O5/c1-7-21(6)17-30(25(32)16-23(31)14-13-19(2)3)29-26(33)24(15-20(4)5)28-27(34)35-18-22-11-9-8-10-12-22/h8-12,19-21,23-24,31H,7,13-18H2,1-6H3,(H,28,34)(H,29,33)/t21?,23-,24-/m0/s1. The summed E-state index contributed by atoms with van der Waals surface area (Å²) in [5.74, 6) is -0.120. The maximum absolute atomic E-state index is 13.1. The first-order valence-corrected chi connectivity index (χ1v) is 12.8. The van der Waals surface area contributed by atoms with Gasteiger partial charge in [-0.05, 0) is 42.6 Å². The molecule has 8 heteroatoms. The van der Waals surface area contributed by atoms with Gasteiger partial charge in [-0.3, -0.25) is 20.0 Å². The SMILES string of the molecule is CCC(C)CN(NC(=O)[C@H](CC(C)C)NC(=O)OCc1ccccc1)C(=O)C[C@@H](O)CCC(C)C. The molecule has 1 unspecified atom stereocenters. The van der Waals surface area contributed by atoms with Gasteiger partial charge in [0, 0.05) is 6.54 Å². The number of nitrogens with zero attached hydrogens (tertiary/aromatic N) is 1. The molecule has 0 heterocycles. The molecule has 0 bridgehead atoms. The average Bonchev–Trinajstić information content (AvgIpc) is 2.80. The van der Waals surface area contributed by atoms with Crippen LogP contribution in [0.3, 0.4) is 0 Å². The molecule has 3 atom stereocenters. The van der Waals surface area contributed by atoms with Crippen LogP contribution < -0.4 is 10.7 Å². The first kappa shape index (κ1) is 30.4. The largest absolute Gasteiger partial charge is 0.445 e. The number of hydrazine groups is 1. The lowest BCUT2D eigenvalue weighted by Crippen LogP contribution is -2.55. The van der Waals surface area contributed by atoms with Crippen LogP contribution in [0.25, 0.3) is 0 Å². The minimum absolute atomic E-state index is 0.0647. The molecule has 0 saturated carbocycles. The van der Waals surface area contributed by atoms with Gasteiger partial charge in [0.25, 0.3) is 5.91 Å². The summed E-state index contributed by atoms with van der Waals surface area (Å²) in [5, 5.41) is 14.2. The zero-order valence-corrected chi connectivity index (χ0v) is 22.3. The van der Waals surface area contributed by atoms with Crippen LogP contribution in [0.4, 0.5) is 4.79 Å². The van der Waals surface area contributed by atoms with Crippen LogP contribution >= 0.6 is 0 Å². The summed E-state index contributed by atoms with van der Waals surface area (Å²) >= 11 is 0. The molecule has 1 aromatic carbocycles. The van der Waals surface area contributed by atoms with Crippen molar-refractivity contribution in [2.75, 3.05) is 6.54 Å². The topological polar surface area (TPSA) is 108 Å². The fraction of sp³-hybridized carbons (Fsp3) is 0.667. The third kappa shape index (κ3) is 13.2. The first-order valence-electron chi connectivity index (χ1n) is 12.8. The van der Waals surface area contributed by atoms with E-state index in [9.17, 15) is 19.5 Å². The Morgan fingerprint density at radius 2 is 1.66 bits per heavy atom. The Bertz CT molecular complexity index is 769. The zero-order chi connectivity index (χ0) is 26.4. The van der Waals surface area contributed by atoms with Crippen LogP contribution in [0, 0.1) is 17.8 Å². The number of benzene rings is 1. The molecule has 3 amide bonds. The van der Waals surface area contributed by atoms with E-state index < -0.39 is 24.1 Å². The molecule has 0 aliphatic rings. The second kappa shape index (κ2) is 16.1. The molecule has 35 heavy (non-hydrogen) atoms. The van der Waals surface area contributed by atoms with Gasteiger partial charge in [-0.2, -0.15) is 0 Å². The zero-order valence-electron chi connectivity index (χ0n) is 22.3. The average molecular weight is 492 g/mol. The van der Waals surface area contributed by atoms with Gasteiger partial charge in [0.1, 0.15) is 12.6 Å². The molecule has 0 spiro atoms. The number of aliphatic hydroxyl groups excluding tert-OH is 1. The predicted octanol–water partition coefficient (Wildman–Crippen LogP) is 4.42. The maximum Gasteiger partial charge on any atom is 0.408 e. The van der Waals surface area contributed by atoms with E-state index in [0.29, 0.717) is 25.3 Å². The van der Waals surface area contributed by atoms with Gasteiger partial charge in [0.2, 0.25) is 5.91 Å². The predicted molar refractivity (Wildman–Crippen MR) is 137 cm³/mol. The van der Waals surface area contributed by atoms with Gasteiger partial charge < -0.3 is 15.2 Å². The Labute approximate surface area is 210 Å². The molecule has 1 aromatic rings. The Kier molecular flexibility index (Phi) is 14.0. The third-order valence-electron chi connectivity index (χ3n) is 5.75. The molecule has 0 aliphatic carbocycles. The lowest BCUT2D eigenvalue weighted by Gasteiger charge is -2.29. The molecular weight excluding hydrogens is 446 g/mol. The molecular formula is C27H45N3O5. The van der Waals surface area contributed by atoms with Crippen LogP contribution in [-0.4, -0.2) is 46.7 Å². The minimum Gasteiger partial charge on any atom is -0.445 e. The molecule has 198 valence electrons. The van der Waals surface area contributed by atoms with Crippen molar-refractivity contribution in [3.05, 3.63) is 35.9 Å². The molecule has 3 N–H and O–H groups in total. The van der Waals surface area contributed by atoms with E-state index in [1.54, 1.807) is 0 Å². The molecule has 0 fully saturated rings. The van der Waals surface area contributed by atoms with Crippen LogP contribution in [-0.2, 0) is 20.9 Å². The number of aliphatic hydroxyl groups is 1. The van der Waals surface area contributed by atoms with E-state index in [-0.39, 0.29) is 30.8 Å². The van der Waals surface area contributed by atoms with Crippen molar-refractivity contribution in [1.29, 1.82) is 0 Å². The number of amides is 3. The summed E-state index contributed by atoms with van der Waals surface area (Å²) in [7, 11) is 0. The summed E-state index contributed by atoms with van der Waals surface area (Å²) in [6, 6.07) is 8.42. The Balaban J connectivity index is 2.82. The quantitative estimate of drug-likeness (QED) is 0.334. The highest BCUT2D eigenvalue weighted by atomic mass is 16.5. The summed E-state index contributed by atoms with van der Waals surface area (Å²) in [5.41, 5.74) is 3.54. The molecule has 0 radical (unpaired) electrons. The van der Waals surface area contributed by atoms with Crippen molar-refractivity contribution in [1.82, 2.24) is 15.8 Å². The van der Waals surface area contributed by atoms with Gasteiger partial charge in [-0.15, -0.1) is 0 Å². The van der Waals surface area contributed by atoms with E-state index in [0.717, 1.165) is 18.4 Å². The first-order chi connectivity index (χ1) is 16.5. The number of carbonyl (C=O) groups is 3. The second-order valence-corrected chi connectivity index (χ2v) is 10.2. The lowest BCUT2D eigenvalue weighted by atomic mass is 10.0. The van der Waals surface area contributed by atoms with Crippen LogP contribution in [0.15, 0.2) is 30.3 Å². The number of hydrogen-bond donors (Lipinski definition) is 3. The smallest absolute Gasteiger partial charge is 0.408 e. The highest BCUT2D eigenvalue weighted by Crippen LogP contribution is 2.13. The molecule has 0 aliphatic heterocycles. The van der Waals surface area contributed by atoms with Crippen molar-refractivity contribution in [2.24, 2.45) is 17.8 Å². The highest BCUT2D eigenvalue weighted by Gasteiger charge is 2.27. The van der Waals surface area contributed by atoms with Gasteiger partial charge in [-0.25, -0.2) is 4.79 Å². The van der Waals surface area contributed by atoms with E-state index in [4.69, 9.17) is 4.74 Å². The molecule has 8 nitrogen and oxygen atoms in total. The lowest BCUT2D eigenvalue weighted by molar-refractivity contribution is -0.144. The normalized spacial score (nSPS) is 13.7. The second-order valence-electron chi connectivity index (χ2n) is 10.2. The number of ether oxygens (including phenoxy) is 1. The Hall–Kier alpha value is -2.61. The van der Waals surface area contributed by atoms with Gasteiger partial charge >= 0.3 is 6.09 Å². The Morgan fingerprint density at radius 1 is 1.00 bits per heavy atom. The number of hydrogen-bond acceptors (Lipinski definition) is 5. The fourth-order valence-corrected chi connectivity index (χ4v) is 3.41. The number of nitrogens with one attached hydrogen (secondary N) is 2. The van der Waals surface area contributed by atoms with Crippen LogP contribution in [0.2, 0.25) is 0 Å². The van der Waals surface area contributed by atoms with Crippen molar-refractivity contribution < 1.29 is 24.2 Å².